The number of halogens is 3. The third-order valence-corrected chi connectivity index (χ3v) is 5.84. The van der Waals surface area contributed by atoms with Crippen LogP contribution in [-0.2, 0) is 0 Å². The molecular weight excluding hydrogens is 380 g/mol. The molecule has 0 saturated heterocycles. The molecule has 0 aliphatic carbocycles. The molecule has 0 aliphatic rings. The van der Waals surface area contributed by atoms with Crippen LogP contribution in [0.4, 0.5) is 10.1 Å². The number of nitrogens with one attached hydrogen (secondary N) is 1. The van der Waals surface area contributed by atoms with Gasteiger partial charge in [-0.2, -0.15) is 0 Å². The largest absolute Gasteiger partial charge is 0.321 e. The van der Waals surface area contributed by atoms with E-state index in [2.05, 4.69) is 5.32 Å². The lowest BCUT2D eigenvalue weighted by Gasteiger charge is -2.05. The molecule has 3 aromatic carbocycles. The van der Waals surface area contributed by atoms with Gasteiger partial charge in [-0.3, -0.25) is 4.79 Å². The first-order valence-electron chi connectivity index (χ1n) is 7.41. The zero-order chi connectivity index (χ0) is 17.6. The summed E-state index contributed by atoms with van der Waals surface area (Å²) in [5.41, 5.74) is 0.412. The molecule has 4 aromatic rings. The SMILES string of the molecule is O=C(Nc1ccc(F)c(Cl)c1)c1sc2ccc3ccccc3c2c1Cl. The molecule has 1 N–H and O–H groups in total. The zero-order valence-corrected chi connectivity index (χ0v) is 15.0. The summed E-state index contributed by atoms with van der Waals surface area (Å²) >= 11 is 13.6. The van der Waals surface area contributed by atoms with Gasteiger partial charge in [-0.25, -0.2) is 4.39 Å². The van der Waals surface area contributed by atoms with Crippen molar-refractivity contribution in [3.63, 3.8) is 0 Å². The number of rotatable bonds is 2. The number of thiophene rings is 1. The van der Waals surface area contributed by atoms with Crippen LogP contribution in [-0.4, -0.2) is 5.91 Å². The van der Waals surface area contributed by atoms with Gasteiger partial charge in [-0.15, -0.1) is 11.3 Å². The monoisotopic (exact) mass is 389 g/mol. The van der Waals surface area contributed by atoms with Crippen molar-refractivity contribution in [3.05, 3.63) is 75.3 Å². The van der Waals surface area contributed by atoms with Crippen molar-refractivity contribution in [2.24, 2.45) is 0 Å². The van der Waals surface area contributed by atoms with E-state index in [1.807, 2.05) is 36.4 Å². The number of hydrogen-bond donors (Lipinski definition) is 1. The van der Waals surface area contributed by atoms with Gasteiger partial charge in [-0.05, 0) is 35.0 Å². The molecule has 0 spiro atoms. The van der Waals surface area contributed by atoms with Gasteiger partial charge in [0.15, 0.2) is 0 Å². The molecule has 6 heteroatoms. The average molecular weight is 390 g/mol. The summed E-state index contributed by atoms with van der Waals surface area (Å²) in [5.74, 6) is -0.885. The Morgan fingerprint density at radius 2 is 1.84 bits per heavy atom. The Morgan fingerprint density at radius 1 is 1.04 bits per heavy atom. The first-order chi connectivity index (χ1) is 12.0. The Balaban J connectivity index is 1.78. The predicted octanol–water partition coefficient (Wildman–Crippen LogP) is 6.75. The number of anilines is 1. The van der Waals surface area contributed by atoms with Crippen molar-refractivity contribution in [3.8, 4) is 0 Å². The van der Waals surface area contributed by atoms with Crippen LogP contribution in [0.1, 0.15) is 9.67 Å². The fourth-order valence-electron chi connectivity index (χ4n) is 2.74. The molecule has 2 nitrogen and oxygen atoms in total. The molecule has 0 atom stereocenters. The van der Waals surface area contributed by atoms with E-state index in [4.69, 9.17) is 23.2 Å². The van der Waals surface area contributed by atoms with Crippen LogP contribution in [0.25, 0.3) is 20.9 Å². The number of fused-ring (bicyclic) bond motifs is 3. The molecular formula is C19H10Cl2FNOS. The number of carbonyl (C=O) groups excluding carboxylic acids is 1. The maximum absolute atomic E-state index is 13.2. The van der Waals surface area contributed by atoms with Gasteiger partial charge in [0.25, 0.3) is 5.91 Å². The molecule has 0 saturated carbocycles. The first kappa shape index (κ1) is 16.3. The van der Waals surface area contributed by atoms with E-state index in [1.54, 1.807) is 0 Å². The number of carbonyl (C=O) groups is 1. The number of hydrogen-bond acceptors (Lipinski definition) is 2. The summed E-state index contributed by atoms with van der Waals surface area (Å²) in [6.45, 7) is 0. The standard InChI is InChI=1S/C19H10Cl2FNOS/c20-13-9-11(6-7-14(13)22)23-19(24)18-17(21)16-12-4-2-1-3-10(12)5-8-15(16)25-18/h1-9H,(H,23,24). The lowest BCUT2D eigenvalue weighted by molar-refractivity contribution is 0.103. The van der Waals surface area contributed by atoms with Gasteiger partial charge in [0, 0.05) is 15.8 Å². The van der Waals surface area contributed by atoms with Crippen LogP contribution >= 0.6 is 34.5 Å². The van der Waals surface area contributed by atoms with Crippen molar-refractivity contribution in [2.75, 3.05) is 5.32 Å². The van der Waals surface area contributed by atoms with E-state index >= 15 is 0 Å². The predicted molar refractivity (Wildman–Crippen MR) is 104 cm³/mol. The highest BCUT2D eigenvalue weighted by Crippen LogP contribution is 2.40. The van der Waals surface area contributed by atoms with Gasteiger partial charge < -0.3 is 5.32 Å². The van der Waals surface area contributed by atoms with Crippen LogP contribution in [0.2, 0.25) is 10.0 Å². The van der Waals surface area contributed by atoms with Crippen LogP contribution in [0, 0.1) is 5.82 Å². The minimum atomic E-state index is -0.536. The lowest BCUT2D eigenvalue weighted by atomic mass is 10.1. The Morgan fingerprint density at radius 3 is 2.64 bits per heavy atom. The van der Waals surface area contributed by atoms with Crippen molar-refractivity contribution >= 4 is 67.0 Å². The van der Waals surface area contributed by atoms with Crippen LogP contribution < -0.4 is 5.32 Å². The molecule has 0 aliphatic heterocycles. The third-order valence-electron chi connectivity index (χ3n) is 3.91. The molecule has 124 valence electrons. The van der Waals surface area contributed by atoms with Gasteiger partial charge in [0.05, 0.1) is 10.0 Å². The van der Waals surface area contributed by atoms with Gasteiger partial charge >= 0.3 is 0 Å². The van der Waals surface area contributed by atoms with Gasteiger partial charge in [0.2, 0.25) is 0 Å². The van der Waals surface area contributed by atoms with E-state index in [-0.39, 0.29) is 10.9 Å². The maximum atomic E-state index is 13.2. The fraction of sp³-hybridized carbons (Fsp3) is 0. The molecule has 0 unspecified atom stereocenters. The molecule has 0 bridgehead atoms. The Kier molecular flexibility index (Phi) is 4.12. The van der Waals surface area contributed by atoms with Crippen LogP contribution in [0.15, 0.2) is 54.6 Å². The smallest absolute Gasteiger partial charge is 0.267 e. The first-order valence-corrected chi connectivity index (χ1v) is 8.98. The second-order valence-electron chi connectivity index (χ2n) is 5.49. The summed E-state index contributed by atoms with van der Waals surface area (Å²) in [5, 5.41) is 6.02. The molecule has 1 heterocycles. The highest BCUT2D eigenvalue weighted by molar-refractivity contribution is 7.22. The molecule has 4 rings (SSSR count). The van der Waals surface area contributed by atoms with Gasteiger partial charge in [0.1, 0.15) is 10.7 Å². The van der Waals surface area contributed by atoms with Crippen LogP contribution in [0.3, 0.4) is 0 Å². The van der Waals surface area contributed by atoms with Crippen molar-refractivity contribution in [2.45, 2.75) is 0 Å². The summed E-state index contributed by atoms with van der Waals surface area (Å²) < 4.78 is 14.2. The Bertz CT molecular complexity index is 1140. The molecule has 25 heavy (non-hydrogen) atoms. The number of amides is 1. The summed E-state index contributed by atoms with van der Waals surface area (Å²) in [6, 6.07) is 15.9. The summed E-state index contributed by atoms with van der Waals surface area (Å²) in [4.78, 5) is 13.0. The average Bonchev–Trinajstić information content (AvgIpc) is 2.95. The minimum Gasteiger partial charge on any atom is -0.321 e. The fourth-order valence-corrected chi connectivity index (χ4v) is 4.39. The maximum Gasteiger partial charge on any atom is 0.267 e. The van der Waals surface area contributed by atoms with Crippen molar-refractivity contribution in [1.29, 1.82) is 0 Å². The topological polar surface area (TPSA) is 29.1 Å². The second kappa shape index (κ2) is 6.30. The Hall–Kier alpha value is -2.14. The summed E-state index contributed by atoms with van der Waals surface area (Å²) in [6.07, 6.45) is 0. The molecule has 1 amide bonds. The van der Waals surface area contributed by atoms with E-state index in [9.17, 15) is 9.18 Å². The van der Waals surface area contributed by atoms with Gasteiger partial charge in [-0.1, -0.05) is 53.5 Å². The second-order valence-corrected chi connectivity index (χ2v) is 7.33. The Labute approximate surface area is 156 Å². The van der Waals surface area contributed by atoms with E-state index in [0.717, 1.165) is 20.9 Å². The highest BCUT2D eigenvalue weighted by atomic mass is 35.5. The van der Waals surface area contributed by atoms with E-state index in [1.165, 1.54) is 29.5 Å². The van der Waals surface area contributed by atoms with Crippen molar-refractivity contribution in [1.82, 2.24) is 0 Å². The van der Waals surface area contributed by atoms with Crippen LogP contribution in [0.5, 0.6) is 0 Å². The molecule has 0 fully saturated rings. The quantitative estimate of drug-likeness (QED) is 0.403. The van der Waals surface area contributed by atoms with E-state index < -0.39 is 5.82 Å². The molecule has 1 aromatic heterocycles. The highest BCUT2D eigenvalue weighted by Gasteiger charge is 2.19. The zero-order valence-electron chi connectivity index (χ0n) is 12.6. The lowest BCUT2D eigenvalue weighted by Crippen LogP contribution is -2.10. The van der Waals surface area contributed by atoms with Crippen molar-refractivity contribution < 1.29 is 9.18 Å². The minimum absolute atomic E-state index is 0.0498. The normalized spacial score (nSPS) is 11.2. The number of benzene rings is 3. The third kappa shape index (κ3) is 2.86. The summed E-state index contributed by atoms with van der Waals surface area (Å²) in [7, 11) is 0. The van der Waals surface area contributed by atoms with E-state index in [0.29, 0.717) is 15.6 Å². The molecule has 0 radical (unpaired) electrons.